The van der Waals surface area contributed by atoms with Crippen LogP contribution in [0.3, 0.4) is 0 Å². The van der Waals surface area contributed by atoms with E-state index in [-0.39, 0.29) is 11.6 Å². The Hall–Kier alpha value is -1.14. The molecule has 0 atom stereocenters. The van der Waals surface area contributed by atoms with Crippen molar-refractivity contribution in [1.82, 2.24) is 19.9 Å². The Morgan fingerprint density at radius 3 is 2.78 bits per heavy atom. The minimum Gasteiger partial charge on any atom is -0.461 e. The molecule has 0 unspecified atom stereocenters. The van der Waals surface area contributed by atoms with Gasteiger partial charge in [-0.1, -0.05) is 5.21 Å². The minimum atomic E-state index is -0.466. The summed E-state index contributed by atoms with van der Waals surface area (Å²) >= 11 is 5.85. The van der Waals surface area contributed by atoms with Crippen molar-refractivity contribution >= 4 is 17.6 Å². The zero-order valence-electron chi connectivity index (χ0n) is 11.0. The summed E-state index contributed by atoms with van der Waals surface area (Å²) in [6.45, 7) is 3.69. The highest BCUT2D eigenvalue weighted by Crippen LogP contribution is 2.11. The van der Waals surface area contributed by atoms with Crippen LogP contribution >= 0.6 is 11.6 Å². The van der Waals surface area contributed by atoms with Gasteiger partial charge in [0.1, 0.15) is 0 Å². The molecule has 0 N–H and O–H groups in total. The summed E-state index contributed by atoms with van der Waals surface area (Å²) in [6, 6.07) is 0. The Labute approximate surface area is 112 Å². The summed E-state index contributed by atoms with van der Waals surface area (Å²) < 4.78 is 6.57. The molecule has 0 aromatic carbocycles. The number of ether oxygens (including phenoxy) is 1. The van der Waals surface area contributed by atoms with E-state index < -0.39 is 5.97 Å². The second-order valence-electron chi connectivity index (χ2n) is 4.12. The molecule has 7 heteroatoms. The van der Waals surface area contributed by atoms with E-state index in [2.05, 4.69) is 15.2 Å². The molecule has 0 aliphatic carbocycles. The van der Waals surface area contributed by atoms with E-state index in [1.165, 1.54) is 0 Å². The van der Waals surface area contributed by atoms with Crippen LogP contribution in [0.5, 0.6) is 0 Å². The standard InChI is InChI=1S/C11H19ClN4O2/c1-4-18-11(17)10-9(8-12)16(14-13-10)7-5-6-15(2)3/h4-8H2,1-3H3. The van der Waals surface area contributed by atoms with Crippen molar-refractivity contribution in [2.24, 2.45) is 0 Å². The normalized spacial score (nSPS) is 10.9. The van der Waals surface area contributed by atoms with E-state index >= 15 is 0 Å². The Kier molecular flexibility index (Phi) is 6.07. The third-order valence-electron chi connectivity index (χ3n) is 2.41. The average Bonchev–Trinajstić information content (AvgIpc) is 2.72. The summed E-state index contributed by atoms with van der Waals surface area (Å²) in [6.07, 6.45) is 0.919. The maximum atomic E-state index is 11.6. The molecule has 102 valence electrons. The number of carbonyl (C=O) groups is 1. The van der Waals surface area contributed by atoms with Gasteiger partial charge in [0.25, 0.3) is 0 Å². The molecule has 0 bridgehead atoms. The fourth-order valence-electron chi connectivity index (χ4n) is 1.54. The Bertz CT molecular complexity index is 392. The molecule has 1 aromatic heterocycles. The average molecular weight is 275 g/mol. The van der Waals surface area contributed by atoms with Crippen molar-refractivity contribution in [3.05, 3.63) is 11.4 Å². The lowest BCUT2D eigenvalue weighted by Gasteiger charge is -2.09. The van der Waals surface area contributed by atoms with Crippen LogP contribution in [-0.2, 0) is 17.2 Å². The van der Waals surface area contributed by atoms with Crippen LogP contribution in [0.4, 0.5) is 0 Å². The number of halogens is 1. The zero-order valence-corrected chi connectivity index (χ0v) is 11.8. The van der Waals surface area contributed by atoms with Gasteiger partial charge in [0.15, 0.2) is 5.69 Å². The van der Waals surface area contributed by atoms with Crippen molar-refractivity contribution in [2.75, 3.05) is 27.2 Å². The minimum absolute atomic E-state index is 0.198. The topological polar surface area (TPSA) is 60.2 Å². The van der Waals surface area contributed by atoms with Gasteiger partial charge < -0.3 is 9.64 Å². The molecule has 1 rings (SSSR count). The van der Waals surface area contributed by atoms with Crippen LogP contribution in [0.25, 0.3) is 0 Å². The highest BCUT2D eigenvalue weighted by atomic mass is 35.5. The molecule has 0 saturated carbocycles. The van der Waals surface area contributed by atoms with E-state index in [9.17, 15) is 4.79 Å². The first kappa shape index (κ1) is 14.9. The molecule has 6 nitrogen and oxygen atoms in total. The lowest BCUT2D eigenvalue weighted by molar-refractivity contribution is 0.0518. The summed E-state index contributed by atoms with van der Waals surface area (Å²) in [5, 5.41) is 7.79. The Balaban J connectivity index is 2.72. The van der Waals surface area contributed by atoms with Gasteiger partial charge in [0.05, 0.1) is 18.2 Å². The summed E-state index contributed by atoms with van der Waals surface area (Å²) in [5.41, 5.74) is 0.838. The van der Waals surface area contributed by atoms with E-state index in [0.29, 0.717) is 18.8 Å². The van der Waals surface area contributed by atoms with E-state index in [4.69, 9.17) is 16.3 Å². The molecule has 1 aromatic rings. The number of carbonyl (C=O) groups excluding carboxylic acids is 1. The number of nitrogens with zero attached hydrogens (tertiary/aromatic N) is 4. The van der Waals surface area contributed by atoms with Crippen LogP contribution in [0.15, 0.2) is 0 Å². The Morgan fingerprint density at radius 2 is 2.22 bits per heavy atom. The van der Waals surface area contributed by atoms with E-state index in [1.807, 2.05) is 14.1 Å². The monoisotopic (exact) mass is 274 g/mol. The quantitative estimate of drug-likeness (QED) is 0.551. The van der Waals surface area contributed by atoms with Gasteiger partial charge in [-0.2, -0.15) is 0 Å². The lowest BCUT2D eigenvalue weighted by Crippen LogP contribution is -2.16. The first-order valence-electron chi connectivity index (χ1n) is 5.90. The summed E-state index contributed by atoms with van der Waals surface area (Å²) in [4.78, 5) is 13.7. The van der Waals surface area contributed by atoms with Crippen LogP contribution in [0, 0.1) is 0 Å². The molecule has 0 spiro atoms. The fourth-order valence-corrected chi connectivity index (χ4v) is 1.80. The van der Waals surface area contributed by atoms with Crippen molar-refractivity contribution in [2.45, 2.75) is 25.8 Å². The van der Waals surface area contributed by atoms with Gasteiger partial charge >= 0.3 is 5.97 Å². The number of aryl methyl sites for hydroxylation is 1. The number of hydrogen-bond donors (Lipinski definition) is 0. The fraction of sp³-hybridized carbons (Fsp3) is 0.727. The molecule has 0 aliphatic rings. The molecule has 0 radical (unpaired) electrons. The third-order valence-corrected chi connectivity index (χ3v) is 2.66. The van der Waals surface area contributed by atoms with Crippen molar-refractivity contribution in [3.8, 4) is 0 Å². The molecule has 0 aliphatic heterocycles. The molecule has 1 heterocycles. The predicted octanol–water partition coefficient (Wildman–Crippen LogP) is 1.15. The molecular formula is C11H19ClN4O2. The van der Waals surface area contributed by atoms with E-state index in [0.717, 1.165) is 13.0 Å². The van der Waals surface area contributed by atoms with Crippen LogP contribution in [-0.4, -0.2) is 53.1 Å². The van der Waals surface area contributed by atoms with Crippen LogP contribution in [0.2, 0.25) is 0 Å². The number of esters is 1. The van der Waals surface area contributed by atoms with Crippen molar-refractivity contribution in [3.63, 3.8) is 0 Å². The van der Waals surface area contributed by atoms with E-state index in [1.54, 1.807) is 11.6 Å². The number of hydrogen-bond acceptors (Lipinski definition) is 5. The predicted molar refractivity (Wildman–Crippen MR) is 68.7 cm³/mol. The molecule has 0 fully saturated rings. The van der Waals surface area contributed by atoms with Gasteiger partial charge in [-0.3, -0.25) is 0 Å². The highest BCUT2D eigenvalue weighted by molar-refractivity contribution is 6.17. The summed E-state index contributed by atoms with van der Waals surface area (Å²) in [5.74, 6) is -0.268. The smallest absolute Gasteiger partial charge is 0.360 e. The van der Waals surface area contributed by atoms with Gasteiger partial charge in [0.2, 0.25) is 0 Å². The molecule has 0 saturated heterocycles. The van der Waals surface area contributed by atoms with Crippen molar-refractivity contribution in [1.29, 1.82) is 0 Å². The molecular weight excluding hydrogens is 256 g/mol. The van der Waals surface area contributed by atoms with Gasteiger partial charge in [0, 0.05) is 6.54 Å². The largest absolute Gasteiger partial charge is 0.461 e. The third kappa shape index (κ3) is 3.96. The molecule has 0 amide bonds. The van der Waals surface area contributed by atoms with Gasteiger partial charge in [-0.25, -0.2) is 9.48 Å². The SMILES string of the molecule is CCOC(=O)c1nnn(CCCN(C)C)c1CCl. The highest BCUT2D eigenvalue weighted by Gasteiger charge is 2.19. The second-order valence-corrected chi connectivity index (χ2v) is 4.39. The van der Waals surface area contributed by atoms with Crippen LogP contribution < -0.4 is 0 Å². The summed E-state index contributed by atoms with van der Waals surface area (Å²) in [7, 11) is 4.02. The maximum absolute atomic E-state index is 11.6. The van der Waals surface area contributed by atoms with Crippen molar-refractivity contribution < 1.29 is 9.53 Å². The van der Waals surface area contributed by atoms with Crippen LogP contribution in [0.1, 0.15) is 29.5 Å². The zero-order chi connectivity index (χ0) is 13.5. The molecule has 18 heavy (non-hydrogen) atoms. The lowest BCUT2D eigenvalue weighted by atomic mass is 10.3. The Morgan fingerprint density at radius 1 is 1.50 bits per heavy atom. The second kappa shape index (κ2) is 7.33. The first-order chi connectivity index (χ1) is 8.60. The number of rotatable bonds is 7. The number of alkyl halides is 1. The number of aromatic nitrogens is 3. The first-order valence-corrected chi connectivity index (χ1v) is 6.43. The van der Waals surface area contributed by atoms with Gasteiger partial charge in [-0.15, -0.1) is 16.7 Å². The maximum Gasteiger partial charge on any atom is 0.360 e. The van der Waals surface area contributed by atoms with Gasteiger partial charge in [-0.05, 0) is 34.0 Å².